The van der Waals surface area contributed by atoms with E-state index in [1.165, 1.54) is 5.56 Å². The Hall–Kier alpha value is -1.35. The van der Waals surface area contributed by atoms with Crippen LogP contribution in [0, 0.1) is 5.92 Å². The van der Waals surface area contributed by atoms with Gasteiger partial charge < -0.3 is 10.2 Å². The van der Waals surface area contributed by atoms with Gasteiger partial charge in [0.2, 0.25) is 5.91 Å². The number of rotatable bonds is 7. The van der Waals surface area contributed by atoms with Crippen LogP contribution in [0.2, 0.25) is 0 Å². The summed E-state index contributed by atoms with van der Waals surface area (Å²) < 4.78 is 0. The van der Waals surface area contributed by atoms with Crippen LogP contribution in [0.15, 0.2) is 30.3 Å². The molecule has 1 saturated heterocycles. The first kappa shape index (κ1) is 16.0. The van der Waals surface area contributed by atoms with Crippen molar-refractivity contribution in [3.05, 3.63) is 35.9 Å². The Kier molecular flexibility index (Phi) is 6.74. The number of carbonyl (C=O) groups is 1. The summed E-state index contributed by atoms with van der Waals surface area (Å²) in [6.07, 6.45) is 5.19. The zero-order valence-electron chi connectivity index (χ0n) is 13.2. The van der Waals surface area contributed by atoms with Crippen LogP contribution in [0.3, 0.4) is 0 Å². The SMILES string of the molecule is CC1CCN(C(=O)CCNCCCc2ccccc2)CC1. The highest BCUT2D eigenvalue weighted by molar-refractivity contribution is 5.76. The number of hydrogen-bond acceptors (Lipinski definition) is 2. The number of likely N-dealkylation sites (tertiary alicyclic amines) is 1. The highest BCUT2D eigenvalue weighted by Crippen LogP contribution is 2.16. The molecular weight excluding hydrogens is 260 g/mol. The summed E-state index contributed by atoms with van der Waals surface area (Å²) in [6, 6.07) is 10.6. The maximum atomic E-state index is 12.0. The second-order valence-electron chi connectivity index (χ2n) is 6.15. The molecule has 1 amide bonds. The predicted molar refractivity (Wildman–Crippen MR) is 87.2 cm³/mol. The number of amides is 1. The van der Waals surface area contributed by atoms with Gasteiger partial charge in [0.25, 0.3) is 0 Å². The molecule has 1 fully saturated rings. The second-order valence-corrected chi connectivity index (χ2v) is 6.15. The monoisotopic (exact) mass is 288 g/mol. The lowest BCUT2D eigenvalue weighted by molar-refractivity contribution is -0.132. The predicted octanol–water partition coefficient (Wildman–Crippen LogP) is 2.86. The highest BCUT2D eigenvalue weighted by atomic mass is 16.2. The summed E-state index contributed by atoms with van der Waals surface area (Å²) >= 11 is 0. The zero-order valence-corrected chi connectivity index (χ0v) is 13.2. The number of nitrogens with one attached hydrogen (secondary N) is 1. The molecule has 0 atom stereocenters. The average Bonchev–Trinajstić information content (AvgIpc) is 2.52. The third-order valence-electron chi connectivity index (χ3n) is 4.31. The van der Waals surface area contributed by atoms with Crippen molar-refractivity contribution in [2.24, 2.45) is 5.92 Å². The fourth-order valence-corrected chi connectivity index (χ4v) is 2.80. The molecule has 116 valence electrons. The van der Waals surface area contributed by atoms with Crippen LogP contribution in [0.25, 0.3) is 0 Å². The average molecular weight is 288 g/mol. The van der Waals surface area contributed by atoms with Crippen molar-refractivity contribution in [3.8, 4) is 0 Å². The van der Waals surface area contributed by atoms with E-state index in [0.717, 1.165) is 57.8 Å². The van der Waals surface area contributed by atoms with Crippen LogP contribution < -0.4 is 5.32 Å². The van der Waals surface area contributed by atoms with Gasteiger partial charge >= 0.3 is 0 Å². The summed E-state index contributed by atoms with van der Waals surface area (Å²) in [5, 5.41) is 3.39. The first-order valence-electron chi connectivity index (χ1n) is 8.28. The Balaban J connectivity index is 1.50. The zero-order chi connectivity index (χ0) is 14.9. The lowest BCUT2D eigenvalue weighted by atomic mass is 9.99. The van der Waals surface area contributed by atoms with Crippen molar-refractivity contribution in [2.75, 3.05) is 26.2 Å². The summed E-state index contributed by atoms with van der Waals surface area (Å²) in [4.78, 5) is 14.1. The third kappa shape index (κ3) is 5.88. The van der Waals surface area contributed by atoms with Gasteiger partial charge in [-0.3, -0.25) is 4.79 Å². The van der Waals surface area contributed by atoms with Crippen molar-refractivity contribution >= 4 is 5.91 Å². The Morgan fingerprint density at radius 2 is 1.90 bits per heavy atom. The standard InChI is InChI=1S/C18H28N2O/c1-16-10-14-20(15-11-16)18(21)9-13-19-12-5-8-17-6-3-2-4-7-17/h2-4,6-7,16,19H,5,8-15H2,1H3. The van der Waals surface area contributed by atoms with Gasteiger partial charge in [-0.25, -0.2) is 0 Å². The molecule has 3 nitrogen and oxygen atoms in total. The Labute approximate surface area is 128 Å². The van der Waals surface area contributed by atoms with Gasteiger partial charge in [0, 0.05) is 26.1 Å². The largest absolute Gasteiger partial charge is 0.343 e. The summed E-state index contributed by atoms with van der Waals surface area (Å²) in [5.41, 5.74) is 1.39. The van der Waals surface area contributed by atoms with E-state index in [4.69, 9.17) is 0 Å². The highest BCUT2D eigenvalue weighted by Gasteiger charge is 2.19. The molecule has 0 aromatic heterocycles. The summed E-state index contributed by atoms with van der Waals surface area (Å²) in [5.74, 6) is 1.10. The Morgan fingerprint density at radius 1 is 1.19 bits per heavy atom. The van der Waals surface area contributed by atoms with E-state index in [9.17, 15) is 4.79 Å². The summed E-state index contributed by atoms with van der Waals surface area (Å²) in [6.45, 7) is 5.97. The van der Waals surface area contributed by atoms with Gasteiger partial charge in [0.1, 0.15) is 0 Å². The minimum Gasteiger partial charge on any atom is -0.343 e. The molecule has 1 N–H and O–H groups in total. The van der Waals surface area contributed by atoms with Gasteiger partial charge in [0.05, 0.1) is 0 Å². The van der Waals surface area contributed by atoms with Crippen LogP contribution in [0.4, 0.5) is 0 Å². The van der Waals surface area contributed by atoms with Crippen molar-refractivity contribution < 1.29 is 4.79 Å². The van der Waals surface area contributed by atoms with Crippen molar-refractivity contribution in [1.29, 1.82) is 0 Å². The lowest BCUT2D eigenvalue weighted by Crippen LogP contribution is -2.39. The van der Waals surface area contributed by atoms with E-state index in [-0.39, 0.29) is 0 Å². The van der Waals surface area contributed by atoms with Crippen LogP contribution in [-0.4, -0.2) is 37.0 Å². The first-order chi connectivity index (χ1) is 10.3. The minimum absolute atomic E-state index is 0.317. The quantitative estimate of drug-likeness (QED) is 0.783. The summed E-state index contributed by atoms with van der Waals surface area (Å²) in [7, 11) is 0. The van der Waals surface area contributed by atoms with Crippen molar-refractivity contribution in [2.45, 2.75) is 39.0 Å². The smallest absolute Gasteiger partial charge is 0.223 e. The normalized spacial score (nSPS) is 16.1. The molecule has 0 radical (unpaired) electrons. The van der Waals surface area contributed by atoms with E-state index >= 15 is 0 Å². The van der Waals surface area contributed by atoms with Gasteiger partial charge in [-0.1, -0.05) is 37.3 Å². The molecule has 0 saturated carbocycles. The molecule has 0 spiro atoms. The van der Waals surface area contributed by atoms with E-state index in [1.54, 1.807) is 0 Å². The second kappa shape index (κ2) is 8.83. The molecule has 0 bridgehead atoms. The number of carbonyl (C=O) groups excluding carboxylic acids is 1. The van der Waals surface area contributed by atoms with E-state index in [2.05, 4.69) is 42.6 Å². The van der Waals surface area contributed by atoms with Gasteiger partial charge in [-0.05, 0) is 43.7 Å². The minimum atomic E-state index is 0.317. The molecule has 1 aliphatic heterocycles. The molecule has 0 unspecified atom stereocenters. The van der Waals surface area contributed by atoms with Gasteiger partial charge in [-0.2, -0.15) is 0 Å². The molecule has 2 rings (SSSR count). The number of hydrogen-bond donors (Lipinski definition) is 1. The molecule has 1 heterocycles. The van der Waals surface area contributed by atoms with E-state index in [0.29, 0.717) is 12.3 Å². The Morgan fingerprint density at radius 3 is 2.62 bits per heavy atom. The fourth-order valence-electron chi connectivity index (χ4n) is 2.80. The lowest BCUT2D eigenvalue weighted by Gasteiger charge is -2.30. The first-order valence-corrected chi connectivity index (χ1v) is 8.28. The maximum absolute atomic E-state index is 12.0. The van der Waals surface area contributed by atoms with E-state index in [1.807, 2.05) is 4.90 Å². The molecule has 1 aromatic carbocycles. The van der Waals surface area contributed by atoms with Gasteiger partial charge in [0.15, 0.2) is 0 Å². The number of piperidine rings is 1. The van der Waals surface area contributed by atoms with Crippen molar-refractivity contribution in [1.82, 2.24) is 10.2 Å². The molecular formula is C18H28N2O. The van der Waals surface area contributed by atoms with Crippen LogP contribution >= 0.6 is 0 Å². The van der Waals surface area contributed by atoms with Crippen LogP contribution in [0.1, 0.15) is 38.2 Å². The molecule has 3 heteroatoms. The Bertz CT molecular complexity index is 410. The van der Waals surface area contributed by atoms with Crippen molar-refractivity contribution in [3.63, 3.8) is 0 Å². The number of benzene rings is 1. The molecule has 1 aromatic rings. The number of aryl methyl sites for hydroxylation is 1. The fraction of sp³-hybridized carbons (Fsp3) is 0.611. The molecule has 21 heavy (non-hydrogen) atoms. The number of nitrogens with zero attached hydrogens (tertiary/aromatic N) is 1. The maximum Gasteiger partial charge on any atom is 0.223 e. The van der Waals surface area contributed by atoms with Gasteiger partial charge in [-0.15, -0.1) is 0 Å². The van der Waals surface area contributed by atoms with E-state index < -0.39 is 0 Å². The topological polar surface area (TPSA) is 32.3 Å². The third-order valence-corrected chi connectivity index (χ3v) is 4.31. The molecule has 0 aliphatic carbocycles. The van der Waals surface area contributed by atoms with Crippen LogP contribution in [0.5, 0.6) is 0 Å². The molecule has 1 aliphatic rings. The van der Waals surface area contributed by atoms with Crippen LogP contribution in [-0.2, 0) is 11.2 Å².